The molecule has 2 heterocycles. The molecule has 0 spiro atoms. The van der Waals surface area contributed by atoms with Gasteiger partial charge in [0.15, 0.2) is 4.77 Å². The van der Waals surface area contributed by atoms with Gasteiger partial charge < -0.3 is 15.0 Å². The molecular weight excluding hydrogens is 338 g/mol. The van der Waals surface area contributed by atoms with Gasteiger partial charge in [0.2, 0.25) is 0 Å². The first-order chi connectivity index (χ1) is 12.0. The SMILES string of the molecule is CC(C)[C@@H]1OCCC[C@@H]1CNC(=O)c1ccc2c(=O)[nH]c(=S)[nH]c2c1. The number of carbonyl (C=O) groups is 1. The summed E-state index contributed by atoms with van der Waals surface area (Å²) in [6.45, 7) is 5.68. The number of fused-ring (bicyclic) bond motifs is 1. The van der Waals surface area contributed by atoms with Crippen LogP contribution >= 0.6 is 12.2 Å². The molecule has 0 aliphatic carbocycles. The summed E-state index contributed by atoms with van der Waals surface area (Å²) in [5.41, 5.74) is 0.800. The molecule has 1 aliphatic heterocycles. The van der Waals surface area contributed by atoms with Gasteiger partial charge in [0, 0.05) is 24.6 Å². The largest absolute Gasteiger partial charge is 0.378 e. The molecule has 0 unspecified atom stereocenters. The topological polar surface area (TPSA) is 87.0 Å². The molecule has 25 heavy (non-hydrogen) atoms. The second kappa shape index (κ2) is 7.49. The summed E-state index contributed by atoms with van der Waals surface area (Å²) >= 11 is 4.98. The van der Waals surface area contributed by atoms with E-state index in [4.69, 9.17) is 17.0 Å². The number of carbonyl (C=O) groups excluding carboxylic acids is 1. The molecular formula is C18H23N3O3S. The lowest BCUT2D eigenvalue weighted by Crippen LogP contribution is -2.41. The first-order valence-electron chi connectivity index (χ1n) is 8.62. The highest BCUT2D eigenvalue weighted by Gasteiger charge is 2.28. The summed E-state index contributed by atoms with van der Waals surface area (Å²) in [7, 11) is 0. The molecule has 7 heteroatoms. The highest BCUT2D eigenvalue weighted by atomic mass is 32.1. The van der Waals surface area contributed by atoms with Crippen LogP contribution in [-0.4, -0.2) is 35.1 Å². The van der Waals surface area contributed by atoms with E-state index in [0.717, 1.165) is 19.4 Å². The fourth-order valence-electron chi connectivity index (χ4n) is 3.46. The van der Waals surface area contributed by atoms with Crippen molar-refractivity contribution in [2.75, 3.05) is 13.2 Å². The fraction of sp³-hybridized carbons (Fsp3) is 0.500. The van der Waals surface area contributed by atoms with E-state index in [1.54, 1.807) is 18.2 Å². The number of rotatable bonds is 4. The number of aromatic nitrogens is 2. The standard InChI is InChI=1S/C18H23N3O3S/c1-10(2)15-12(4-3-7-24-15)9-19-16(22)11-5-6-13-14(8-11)20-18(25)21-17(13)23/h5-6,8,10,12,15H,3-4,7,9H2,1-2H3,(H,19,22)(H2,20,21,23,25)/t12-,15+/m1/s1. The van der Waals surface area contributed by atoms with E-state index in [-0.39, 0.29) is 22.3 Å². The molecule has 2 aromatic rings. The minimum absolute atomic E-state index is 0.158. The third-order valence-electron chi connectivity index (χ3n) is 4.68. The number of aromatic amines is 2. The van der Waals surface area contributed by atoms with Crippen LogP contribution in [0.2, 0.25) is 0 Å². The number of ether oxygens (including phenoxy) is 1. The Labute approximate surface area is 151 Å². The maximum atomic E-state index is 12.5. The van der Waals surface area contributed by atoms with Crippen molar-refractivity contribution in [3.8, 4) is 0 Å². The smallest absolute Gasteiger partial charge is 0.259 e. The first-order valence-corrected chi connectivity index (χ1v) is 9.02. The minimum atomic E-state index is -0.259. The van der Waals surface area contributed by atoms with Crippen molar-refractivity contribution in [1.82, 2.24) is 15.3 Å². The van der Waals surface area contributed by atoms with Crippen molar-refractivity contribution in [2.24, 2.45) is 11.8 Å². The Morgan fingerprint density at radius 1 is 1.40 bits per heavy atom. The molecule has 1 amide bonds. The number of nitrogens with one attached hydrogen (secondary N) is 3. The van der Waals surface area contributed by atoms with E-state index < -0.39 is 0 Å². The highest BCUT2D eigenvalue weighted by Crippen LogP contribution is 2.25. The van der Waals surface area contributed by atoms with Crippen LogP contribution < -0.4 is 10.9 Å². The van der Waals surface area contributed by atoms with E-state index in [1.165, 1.54) is 0 Å². The molecule has 1 aromatic carbocycles. The van der Waals surface area contributed by atoms with E-state index in [2.05, 4.69) is 29.1 Å². The quantitative estimate of drug-likeness (QED) is 0.731. The van der Waals surface area contributed by atoms with Crippen LogP contribution in [0, 0.1) is 16.6 Å². The van der Waals surface area contributed by atoms with Crippen LogP contribution in [-0.2, 0) is 4.74 Å². The Balaban J connectivity index is 1.74. The summed E-state index contributed by atoms with van der Waals surface area (Å²) < 4.78 is 6.11. The molecule has 3 N–H and O–H groups in total. The molecule has 1 aromatic heterocycles. The average Bonchev–Trinajstić information content (AvgIpc) is 2.59. The Morgan fingerprint density at radius 3 is 2.96 bits per heavy atom. The van der Waals surface area contributed by atoms with Gasteiger partial charge in [0.05, 0.1) is 17.0 Å². The van der Waals surface area contributed by atoms with Gasteiger partial charge in [0.25, 0.3) is 11.5 Å². The molecule has 0 saturated carbocycles. The van der Waals surface area contributed by atoms with Gasteiger partial charge in [-0.25, -0.2) is 0 Å². The van der Waals surface area contributed by atoms with Crippen molar-refractivity contribution < 1.29 is 9.53 Å². The first kappa shape index (κ1) is 17.8. The van der Waals surface area contributed by atoms with Crippen LogP contribution in [0.5, 0.6) is 0 Å². The molecule has 1 saturated heterocycles. The predicted octanol–water partition coefficient (Wildman–Crippen LogP) is 2.77. The lowest BCUT2D eigenvalue weighted by atomic mass is 9.87. The summed E-state index contributed by atoms with van der Waals surface area (Å²) in [6.07, 6.45) is 2.27. The van der Waals surface area contributed by atoms with E-state index in [0.29, 0.717) is 34.8 Å². The number of H-pyrrole nitrogens is 2. The molecule has 3 rings (SSSR count). The van der Waals surface area contributed by atoms with Crippen LogP contribution in [0.1, 0.15) is 37.0 Å². The minimum Gasteiger partial charge on any atom is -0.378 e. The van der Waals surface area contributed by atoms with Gasteiger partial charge in [-0.2, -0.15) is 0 Å². The zero-order valence-electron chi connectivity index (χ0n) is 14.4. The van der Waals surface area contributed by atoms with E-state index in [9.17, 15) is 9.59 Å². The summed E-state index contributed by atoms with van der Waals surface area (Å²) in [4.78, 5) is 29.8. The van der Waals surface area contributed by atoms with Crippen molar-refractivity contribution in [3.05, 3.63) is 38.9 Å². The number of benzene rings is 1. The molecule has 6 nitrogen and oxygen atoms in total. The van der Waals surface area contributed by atoms with Gasteiger partial charge in [-0.1, -0.05) is 13.8 Å². The molecule has 1 fully saturated rings. The Kier molecular flexibility index (Phi) is 5.34. The van der Waals surface area contributed by atoms with E-state index in [1.807, 2.05) is 0 Å². The van der Waals surface area contributed by atoms with Crippen LogP contribution in [0.25, 0.3) is 10.9 Å². The van der Waals surface area contributed by atoms with Crippen LogP contribution in [0.3, 0.4) is 0 Å². The average molecular weight is 361 g/mol. The second-order valence-corrected chi connectivity index (χ2v) is 7.27. The summed E-state index contributed by atoms with van der Waals surface area (Å²) in [5, 5.41) is 3.48. The van der Waals surface area contributed by atoms with Gasteiger partial charge >= 0.3 is 0 Å². The van der Waals surface area contributed by atoms with Gasteiger partial charge in [0.1, 0.15) is 0 Å². The third-order valence-corrected chi connectivity index (χ3v) is 4.88. The van der Waals surface area contributed by atoms with Crippen molar-refractivity contribution in [2.45, 2.75) is 32.8 Å². The molecule has 1 aliphatic rings. The molecule has 0 radical (unpaired) electrons. The second-order valence-electron chi connectivity index (χ2n) is 6.86. The Morgan fingerprint density at radius 2 is 2.20 bits per heavy atom. The van der Waals surface area contributed by atoms with Crippen LogP contribution in [0.15, 0.2) is 23.0 Å². The fourth-order valence-corrected chi connectivity index (χ4v) is 3.66. The maximum absolute atomic E-state index is 12.5. The van der Waals surface area contributed by atoms with Crippen LogP contribution in [0.4, 0.5) is 0 Å². The van der Waals surface area contributed by atoms with Crippen molar-refractivity contribution >= 4 is 29.0 Å². The lowest BCUT2D eigenvalue weighted by Gasteiger charge is -2.34. The zero-order chi connectivity index (χ0) is 18.0. The number of hydrogen-bond donors (Lipinski definition) is 3. The molecule has 0 bridgehead atoms. The number of hydrogen-bond acceptors (Lipinski definition) is 4. The van der Waals surface area contributed by atoms with Crippen molar-refractivity contribution in [3.63, 3.8) is 0 Å². The maximum Gasteiger partial charge on any atom is 0.259 e. The number of amides is 1. The lowest BCUT2D eigenvalue weighted by molar-refractivity contribution is -0.0510. The monoisotopic (exact) mass is 361 g/mol. The summed E-state index contributed by atoms with van der Waals surface area (Å²) in [5.74, 6) is 0.594. The van der Waals surface area contributed by atoms with Gasteiger partial charge in [-0.15, -0.1) is 0 Å². The summed E-state index contributed by atoms with van der Waals surface area (Å²) in [6, 6.07) is 4.95. The normalized spacial score (nSPS) is 20.8. The predicted molar refractivity (Wildman–Crippen MR) is 99.4 cm³/mol. The van der Waals surface area contributed by atoms with Crippen molar-refractivity contribution in [1.29, 1.82) is 0 Å². The Bertz CT molecular complexity index is 887. The Hall–Kier alpha value is -1.99. The zero-order valence-corrected chi connectivity index (χ0v) is 15.2. The van der Waals surface area contributed by atoms with Gasteiger partial charge in [-0.05, 0) is 49.2 Å². The van der Waals surface area contributed by atoms with E-state index >= 15 is 0 Å². The van der Waals surface area contributed by atoms with Gasteiger partial charge in [-0.3, -0.25) is 14.6 Å². The molecule has 2 atom stereocenters. The molecule has 134 valence electrons. The third kappa shape index (κ3) is 3.99. The highest BCUT2D eigenvalue weighted by molar-refractivity contribution is 7.71.